The monoisotopic (exact) mass is 290 g/mol. The number of carboxylic acid groups (broad SMARTS) is 1. The minimum Gasteiger partial charge on any atom is -0.477 e. The molecular weight excluding hydrogens is 276 g/mol. The van der Waals surface area contributed by atoms with Crippen LogP contribution in [0, 0.1) is 0 Å². The number of carboxylic acids is 1. The first-order chi connectivity index (χ1) is 9.99. The van der Waals surface area contributed by atoms with Crippen LogP contribution in [0.3, 0.4) is 0 Å². The van der Waals surface area contributed by atoms with Crippen molar-refractivity contribution in [3.05, 3.63) is 30.0 Å². The van der Waals surface area contributed by atoms with Crippen molar-refractivity contribution in [3.8, 4) is 11.4 Å². The van der Waals surface area contributed by atoms with Crippen molar-refractivity contribution in [3.63, 3.8) is 0 Å². The van der Waals surface area contributed by atoms with E-state index in [0.29, 0.717) is 5.69 Å². The van der Waals surface area contributed by atoms with Crippen LogP contribution in [-0.2, 0) is 0 Å². The summed E-state index contributed by atoms with van der Waals surface area (Å²) >= 11 is 0. The zero-order valence-corrected chi connectivity index (χ0v) is 11.5. The molecule has 3 N–H and O–H groups in total. The maximum absolute atomic E-state index is 11.6. The standard InChI is InChI=1S/C13H14N4O4/c1-7(2)15-13(20)16-11-9(12(18)19)10(17-21-11)8-5-3-4-6-14-8/h3-7H,1-2H3,(H,18,19)(H2,15,16,20). The number of carbonyl (C=O) groups excluding carboxylic acids is 1. The van der Waals surface area contributed by atoms with Crippen LogP contribution >= 0.6 is 0 Å². The van der Waals surface area contributed by atoms with Crippen LogP contribution in [0.25, 0.3) is 11.4 Å². The zero-order chi connectivity index (χ0) is 15.4. The van der Waals surface area contributed by atoms with E-state index in [1.807, 2.05) is 0 Å². The molecule has 0 saturated carbocycles. The van der Waals surface area contributed by atoms with E-state index in [9.17, 15) is 14.7 Å². The van der Waals surface area contributed by atoms with Crippen molar-refractivity contribution in [1.29, 1.82) is 0 Å². The molecule has 2 rings (SSSR count). The van der Waals surface area contributed by atoms with Crippen LogP contribution < -0.4 is 10.6 Å². The molecule has 0 aliphatic carbocycles. The molecule has 21 heavy (non-hydrogen) atoms. The lowest BCUT2D eigenvalue weighted by Crippen LogP contribution is -2.34. The van der Waals surface area contributed by atoms with Gasteiger partial charge in [0.15, 0.2) is 5.56 Å². The highest BCUT2D eigenvalue weighted by molar-refractivity contribution is 6.02. The van der Waals surface area contributed by atoms with E-state index in [4.69, 9.17) is 4.52 Å². The molecule has 0 radical (unpaired) electrons. The average molecular weight is 290 g/mol. The van der Waals surface area contributed by atoms with Crippen molar-refractivity contribution in [2.24, 2.45) is 0 Å². The highest BCUT2D eigenvalue weighted by Crippen LogP contribution is 2.27. The predicted octanol–water partition coefficient (Wildman–Crippen LogP) is 1.96. The number of pyridine rings is 1. The van der Waals surface area contributed by atoms with Gasteiger partial charge in [0.1, 0.15) is 5.69 Å². The summed E-state index contributed by atoms with van der Waals surface area (Å²) in [7, 11) is 0. The average Bonchev–Trinajstić information content (AvgIpc) is 2.82. The van der Waals surface area contributed by atoms with Crippen LogP contribution in [0.1, 0.15) is 24.2 Å². The maximum atomic E-state index is 11.6. The van der Waals surface area contributed by atoms with Crippen LogP contribution in [0.2, 0.25) is 0 Å². The number of aromatic carboxylic acids is 1. The van der Waals surface area contributed by atoms with Gasteiger partial charge in [-0.1, -0.05) is 11.2 Å². The first-order valence-electron chi connectivity index (χ1n) is 6.21. The number of aromatic nitrogens is 2. The van der Waals surface area contributed by atoms with Gasteiger partial charge in [-0.2, -0.15) is 0 Å². The summed E-state index contributed by atoms with van der Waals surface area (Å²) in [5.41, 5.74) is 0.159. The normalized spacial score (nSPS) is 10.4. The number of urea groups is 1. The van der Waals surface area contributed by atoms with E-state index in [1.165, 1.54) is 6.20 Å². The molecule has 0 aromatic carbocycles. The minimum atomic E-state index is -1.27. The Labute approximate surface area is 120 Å². The summed E-state index contributed by atoms with van der Waals surface area (Å²) in [6, 6.07) is 4.32. The van der Waals surface area contributed by atoms with Crippen LogP contribution in [-0.4, -0.2) is 33.3 Å². The van der Waals surface area contributed by atoms with Gasteiger partial charge in [0.05, 0.1) is 5.69 Å². The second-order valence-electron chi connectivity index (χ2n) is 4.51. The van der Waals surface area contributed by atoms with Gasteiger partial charge in [-0.15, -0.1) is 0 Å². The molecule has 0 aliphatic heterocycles. The Bertz CT molecular complexity index is 651. The summed E-state index contributed by atoms with van der Waals surface area (Å²) in [6.45, 7) is 3.55. The highest BCUT2D eigenvalue weighted by Gasteiger charge is 2.25. The van der Waals surface area contributed by atoms with E-state index in [2.05, 4.69) is 20.8 Å². The molecule has 2 amide bonds. The van der Waals surface area contributed by atoms with Crippen LogP contribution in [0.4, 0.5) is 10.7 Å². The minimum absolute atomic E-state index is 0.0583. The molecule has 0 bridgehead atoms. The third kappa shape index (κ3) is 3.35. The Morgan fingerprint density at radius 3 is 2.67 bits per heavy atom. The van der Waals surface area contributed by atoms with E-state index >= 15 is 0 Å². The summed E-state index contributed by atoms with van der Waals surface area (Å²) < 4.78 is 4.92. The van der Waals surface area contributed by atoms with Crippen molar-refractivity contribution < 1.29 is 19.2 Å². The number of nitrogens with one attached hydrogen (secondary N) is 2. The van der Waals surface area contributed by atoms with Crippen LogP contribution in [0.15, 0.2) is 28.9 Å². The van der Waals surface area contributed by atoms with Crippen LogP contribution in [0.5, 0.6) is 0 Å². The van der Waals surface area contributed by atoms with Gasteiger partial charge in [-0.3, -0.25) is 10.3 Å². The fourth-order valence-electron chi connectivity index (χ4n) is 1.65. The molecule has 110 valence electrons. The van der Waals surface area contributed by atoms with Gasteiger partial charge in [0.25, 0.3) is 0 Å². The summed E-state index contributed by atoms with van der Waals surface area (Å²) in [5.74, 6) is -1.50. The molecule has 8 heteroatoms. The molecule has 0 atom stereocenters. The molecule has 2 aromatic rings. The zero-order valence-electron chi connectivity index (χ0n) is 11.5. The lowest BCUT2D eigenvalue weighted by Gasteiger charge is -2.08. The Morgan fingerprint density at radius 1 is 1.33 bits per heavy atom. The van der Waals surface area contributed by atoms with E-state index in [0.717, 1.165) is 0 Å². The summed E-state index contributed by atoms with van der Waals surface area (Å²) in [6.07, 6.45) is 1.51. The Morgan fingerprint density at radius 2 is 2.10 bits per heavy atom. The molecule has 0 spiro atoms. The lowest BCUT2D eigenvalue weighted by molar-refractivity contribution is 0.0698. The molecule has 2 aromatic heterocycles. The number of hydrogen-bond donors (Lipinski definition) is 3. The number of nitrogens with zero attached hydrogens (tertiary/aromatic N) is 2. The molecule has 2 heterocycles. The first-order valence-corrected chi connectivity index (χ1v) is 6.21. The number of hydrogen-bond acceptors (Lipinski definition) is 5. The van der Waals surface area contributed by atoms with Crippen molar-refractivity contribution >= 4 is 17.9 Å². The molecule has 0 aliphatic rings. The molecular formula is C13H14N4O4. The SMILES string of the molecule is CC(C)NC(=O)Nc1onc(-c2ccccn2)c1C(=O)O. The van der Waals surface area contributed by atoms with Gasteiger partial charge in [-0.25, -0.2) is 9.59 Å². The molecule has 0 unspecified atom stereocenters. The Balaban J connectivity index is 2.34. The second kappa shape index (κ2) is 6.04. The van der Waals surface area contributed by atoms with Gasteiger partial charge < -0.3 is 14.9 Å². The maximum Gasteiger partial charge on any atom is 0.343 e. The number of rotatable bonds is 4. The van der Waals surface area contributed by atoms with Gasteiger partial charge in [0, 0.05) is 12.2 Å². The molecule has 0 saturated heterocycles. The third-order valence-electron chi connectivity index (χ3n) is 2.46. The predicted molar refractivity (Wildman–Crippen MR) is 74.0 cm³/mol. The largest absolute Gasteiger partial charge is 0.477 e. The number of anilines is 1. The molecule has 8 nitrogen and oxygen atoms in total. The van der Waals surface area contributed by atoms with Gasteiger partial charge in [0.2, 0.25) is 5.88 Å². The quantitative estimate of drug-likeness (QED) is 0.792. The third-order valence-corrected chi connectivity index (χ3v) is 2.46. The summed E-state index contributed by atoms with van der Waals surface area (Å²) in [5, 5.41) is 17.9. The number of carbonyl (C=O) groups is 2. The highest BCUT2D eigenvalue weighted by atomic mass is 16.5. The fraction of sp³-hybridized carbons (Fsp3) is 0.231. The number of amides is 2. The lowest BCUT2D eigenvalue weighted by atomic mass is 10.1. The summed E-state index contributed by atoms with van der Waals surface area (Å²) in [4.78, 5) is 27.0. The van der Waals surface area contributed by atoms with Crippen molar-refractivity contribution in [2.45, 2.75) is 19.9 Å². The van der Waals surface area contributed by atoms with E-state index in [1.54, 1.807) is 32.0 Å². The van der Waals surface area contributed by atoms with Gasteiger partial charge >= 0.3 is 12.0 Å². The van der Waals surface area contributed by atoms with Crippen molar-refractivity contribution in [2.75, 3.05) is 5.32 Å². The topological polar surface area (TPSA) is 117 Å². The Hall–Kier alpha value is -2.90. The van der Waals surface area contributed by atoms with Crippen molar-refractivity contribution in [1.82, 2.24) is 15.5 Å². The molecule has 0 fully saturated rings. The second-order valence-corrected chi connectivity index (χ2v) is 4.51. The first kappa shape index (κ1) is 14.5. The van der Waals surface area contributed by atoms with E-state index in [-0.39, 0.29) is 23.2 Å². The smallest absolute Gasteiger partial charge is 0.343 e. The Kier molecular flexibility index (Phi) is 4.17. The van der Waals surface area contributed by atoms with E-state index < -0.39 is 12.0 Å². The van der Waals surface area contributed by atoms with Gasteiger partial charge in [-0.05, 0) is 26.0 Å². The fourth-order valence-corrected chi connectivity index (χ4v) is 1.65.